The molecule has 1 amide bonds. The Balaban J connectivity index is 1.67. The number of thioether (sulfide) groups is 1. The van der Waals surface area contributed by atoms with E-state index in [1.807, 2.05) is 6.92 Å². The van der Waals surface area contributed by atoms with E-state index < -0.39 is 0 Å². The van der Waals surface area contributed by atoms with Crippen LogP contribution in [0.15, 0.2) is 40.3 Å². The first-order chi connectivity index (χ1) is 11.9. The monoisotopic (exact) mass is 356 g/mol. The summed E-state index contributed by atoms with van der Waals surface area (Å²) < 4.78 is 0. The van der Waals surface area contributed by atoms with Gasteiger partial charge in [-0.1, -0.05) is 23.9 Å². The van der Waals surface area contributed by atoms with Crippen molar-refractivity contribution in [2.24, 2.45) is 0 Å². The molecule has 3 aromatic rings. The van der Waals surface area contributed by atoms with Gasteiger partial charge in [0.2, 0.25) is 5.91 Å². The highest BCUT2D eigenvalue weighted by atomic mass is 32.2. The van der Waals surface area contributed by atoms with Gasteiger partial charge in [-0.2, -0.15) is 0 Å². The Hall–Kier alpha value is -2.87. The van der Waals surface area contributed by atoms with Gasteiger partial charge in [0.15, 0.2) is 10.9 Å². The smallest absolute Gasteiger partial charge is 0.275 e. The maximum atomic E-state index is 12.1. The fourth-order valence-corrected chi connectivity index (χ4v) is 3.02. The molecule has 0 spiro atoms. The molecule has 2 heterocycles. The van der Waals surface area contributed by atoms with E-state index >= 15 is 0 Å². The summed E-state index contributed by atoms with van der Waals surface area (Å²) in [6.07, 6.45) is 0. The van der Waals surface area contributed by atoms with Crippen molar-refractivity contribution in [3.63, 3.8) is 0 Å². The predicted molar refractivity (Wildman–Crippen MR) is 97.3 cm³/mol. The molecule has 3 N–H and O–H groups in total. The van der Waals surface area contributed by atoms with Crippen LogP contribution < -0.4 is 10.9 Å². The number of benzene rings is 1. The third-order valence-electron chi connectivity index (χ3n) is 3.49. The summed E-state index contributed by atoms with van der Waals surface area (Å²) in [5.41, 5.74) is 2.65. The second-order valence-electron chi connectivity index (χ2n) is 5.56. The van der Waals surface area contributed by atoms with E-state index in [0.717, 1.165) is 17.5 Å². The number of hydrogen-bond donors (Lipinski definition) is 3. The number of aromatic amines is 2. The summed E-state index contributed by atoms with van der Waals surface area (Å²) in [6.45, 7) is 3.31. The normalized spacial score (nSPS) is 10.8. The SMILES string of the molecule is CC(=O)c1cccc(NC(=O)CSc2nc3cc(C)[nH]c3c(=O)[nH]2)c1. The molecule has 7 nitrogen and oxygen atoms in total. The summed E-state index contributed by atoms with van der Waals surface area (Å²) in [5, 5.41) is 3.10. The number of nitrogens with zero attached hydrogens (tertiary/aromatic N) is 1. The highest BCUT2D eigenvalue weighted by Gasteiger charge is 2.10. The number of anilines is 1. The molecule has 3 rings (SSSR count). The van der Waals surface area contributed by atoms with Crippen molar-refractivity contribution in [1.29, 1.82) is 0 Å². The Bertz CT molecular complexity index is 1020. The lowest BCUT2D eigenvalue weighted by molar-refractivity contribution is -0.113. The van der Waals surface area contributed by atoms with Gasteiger partial charge in [-0.05, 0) is 32.0 Å². The zero-order valence-corrected chi connectivity index (χ0v) is 14.5. The van der Waals surface area contributed by atoms with Crippen molar-refractivity contribution < 1.29 is 9.59 Å². The maximum Gasteiger partial charge on any atom is 0.275 e. The van der Waals surface area contributed by atoms with Crippen molar-refractivity contribution in [3.05, 3.63) is 51.9 Å². The van der Waals surface area contributed by atoms with Crippen LogP contribution in [0.25, 0.3) is 11.0 Å². The number of hydrogen-bond acceptors (Lipinski definition) is 5. The van der Waals surface area contributed by atoms with E-state index in [-0.39, 0.29) is 23.0 Å². The van der Waals surface area contributed by atoms with E-state index in [4.69, 9.17) is 0 Å². The number of Topliss-reactive ketones (excluding diaryl/α,β-unsaturated/α-hetero) is 1. The molecule has 0 saturated carbocycles. The van der Waals surface area contributed by atoms with Gasteiger partial charge in [-0.25, -0.2) is 4.98 Å². The van der Waals surface area contributed by atoms with Crippen molar-refractivity contribution in [2.75, 3.05) is 11.1 Å². The minimum Gasteiger partial charge on any atom is -0.353 e. The van der Waals surface area contributed by atoms with Gasteiger partial charge >= 0.3 is 0 Å². The molecular formula is C17H16N4O3S. The Kier molecular flexibility index (Phi) is 4.71. The topological polar surface area (TPSA) is 108 Å². The summed E-state index contributed by atoms with van der Waals surface area (Å²) in [4.78, 5) is 45.3. The number of nitrogens with one attached hydrogen (secondary N) is 3. The molecule has 2 aromatic heterocycles. The lowest BCUT2D eigenvalue weighted by Gasteiger charge is -2.06. The van der Waals surface area contributed by atoms with Gasteiger partial charge in [0.05, 0.1) is 11.3 Å². The predicted octanol–water partition coefficient (Wildman–Crippen LogP) is 2.49. The van der Waals surface area contributed by atoms with Crippen LogP contribution in [0.3, 0.4) is 0 Å². The average molecular weight is 356 g/mol. The Morgan fingerprint density at radius 1 is 1.24 bits per heavy atom. The molecule has 0 radical (unpaired) electrons. The highest BCUT2D eigenvalue weighted by Crippen LogP contribution is 2.17. The molecule has 0 aliphatic carbocycles. The van der Waals surface area contributed by atoms with Gasteiger partial charge in [0.1, 0.15) is 5.52 Å². The number of fused-ring (bicyclic) bond motifs is 1. The van der Waals surface area contributed by atoms with Gasteiger partial charge in [-0.15, -0.1) is 0 Å². The molecule has 0 aliphatic rings. The zero-order chi connectivity index (χ0) is 18.0. The molecule has 0 unspecified atom stereocenters. The number of aromatic nitrogens is 3. The first-order valence-corrected chi connectivity index (χ1v) is 8.54. The van der Waals surface area contributed by atoms with Crippen LogP contribution in [0, 0.1) is 6.92 Å². The lowest BCUT2D eigenvalue weighted by atomic mass is 10.1. The third kappa shape index (κ3) is 3.97. The Morgan fingerprint density at radius 3 is 2.80 bits per heavy atom. The van der Waals surface area contributed by atoms with Crippen LogP contribution in [-0.4, -0.2) is 32.4 Å². The van der Waals surface area contributed by atoms with Crippen LogP contribution in [0.2, 0.25) is 0 Å². The zero-order valence-electron chi connectivity index (χ0n) is 13.7. The van der Waals surface area contributed by atoms with Crippen molar-refractivity contribution in [3.8, 4) is 0 Å². The third-order valence-corrected chi connectivity index (χ3v) is 4.37. The second kappa shape index (κ2) is 6.94. The van der Waals surface area contributed by atoms with Gasteiger partial charge < -0.3 is 10.3 Å². The number of carbonyl (C=O) groups excluding carboxylic acids is 2. The van der Waals surface area contributed by atoms with E-state index in [1.54, 1.807) is 30.3 Å². The maximum absolute atomic E-state index is 12.1. The minimum atomic E-state index is -0.268. The van der Waals surface area contributed by atoms with Crippen LogP contribution in [0.1, 0.15) is 23.0 Å². The minimum absolute atomic E-state index is 0.0673. The van der Waals surface area contributed by atoms with E-state index in [0.29, 0.717) is 27.4 Å². The summed E-state index contributed by atoms with van der Waals surface area (Å²) in [6, 6.07) is 8.52. The molecule has 0 fully saturated rings. The van der Waals surface area contributed by atoms with Crippen LogP contribution in [0.5, 0.6) is 0 Å². The van der Waals surface area contributed by atoms with Crippen LogP contribution in [-0.2, 0) is 4.79 Å². The van der Waals surface area contributed by atoms with Crippen LogP contribution in [0.4, 0.5) is 5.69 Å². The fraction of sp³-hybridized carbons (Fsp3) is 0.176. The number of H-pyrrole nitrogens is 2. The van der Waals surface area contributed by atoms with Crippen molar-refractivity contribution in [1.82, 2.24) is 15.0 Å². The first-order valence-electron chi connectivity index (χ1n) is 7.55. The van der Waals surface area contributed by atoms with Gasteiger partial charge in [0, 0.05) is 16.9 Å². The Morgan fingerprint density at radius 2 is 2.04 bits per heavy atom. The molecule has 0 aliphatic heterocycles. The van der Waals surface area contributed by atoms with E-state index in [1.165, 1.54) is 6.92 Å². The van der Waals surface area contributed by atoms with E-state index in [9.17, 15) is 14.4 Å². The standard InChI is InChI=1S/C17H16N4O3S/c1-9-6-13-15(18-9)16(24)21-17(20-13)25-8-14(23)19-12-5-3-4-11(7-12)10(2)22/h3-7,18H,8H2,1-2H3,(H,19,23)(H,20,21,24). The van der Waals surface area contributed by atoms with Crippen LogP contribution >= 0.6 is 11.8 Å². The molecule has 128 valence electrons. The van der Waals surface area contributed by atoms with Crippen molar-refractivity contribution >= 4 is 40.2 Å². The number of amides is 1. The number of ketones is 1. The highest BCUT2D eigenvalue weighted by molar-refractivity contribution is 7.99. The lowest BCUT2D eigenvalue weighted by Crippen LogP contribution is -2.15. The molecular weight excluding hydrogens is 340 g/mol. The number of rotatable bonds is 5. The molecule has 8 heteroatoms. The average Bonchev–Trinajstić information content (AvgIpc) is 2.94. The molecule has 0 bridgehead atoms. The van der Waals surface area contributed by atoms with Gasteiger partial charge in [0.25, 0.3) is 5.56 Å². The van der Waals surface area contributed by atoms with Crippen molar-refractivity contribution in [2.45, 2.75) is 19.0 Å². The first kappa shape index (κ1) is 17.0. The number of carbonyl (C=O) groups is 2. The summed E-state index contributed by atoms with van der Waals surface area (Å²) in [5.74, 6) is -0.233. The molecule has 1 aromatic carbocycles. The largest absolute Gasteiger partial charge is 0.353 e. The Labute approximate surface area is 147 Å². The number of aryl methyl sites for hydroxylation is 1. The second-order valence-corrected chi connectivity index (χ2v) is 6.52. The fourth-order valence-electron chi connectivity index (χ4n) is 2.35. The van der Waals surface area contributed by atoms with E-state index in [2.05, 4.69) is 20.3 Å². The van der Waals surface area contributed by atoms with Gasteiger partial charge in [-0.3, -0.25) is 19.4 Å². The molecule has 0 saturated heterocycles. The molecule has 0 atom stereocenters. The summed E-state index contributed by atoms with van der Waals surface area (Å²) in [7, 11) is 0. The molecule has 25 heavy (non-hydrogen) atoms. The summed E-state index contributed by atoms with van der Waals surface area (Å²) >= 11 is 1.14. The quantitative estimate of drug-likeness (QED) is 0.370.